The number of aryl methyl sites for hydroxylation is 1. The Morgan fingerprint density at radius 2 is 2.31 bits per heavy atom. The summed E-state index contributed by atoms with van der Waals surface area (Å²) < 4.78 is 2.03. The third-order valence-electron chi connectivity index (χ3n) is 5.51. The fraction of sp³-hybridized carbons (Fsp3) is 0.579. The normalized spacial score (nSPS) is 23.1. The van der Waals surface area contributed by atoms with Crippen molar-refractivity contribution in [2.75, 3.05) is 31.1 Å². The predicted molar refractivity (Wildman–Crippen MR) is 102 cm³/mol. The zero-order valence-corrected chi connectivity index (χ0v) is 15.2. The van der Waals surface area contributed by atoms with Gasteiger partial charge in [-0.3, -0.25) is 4.79 Å². The van der Waals surface area contributed by atoms with Gasteiger partial charge in [-0.25, -0.2) is 4.98 Å². The van der Waals surface area contributed by atoms with Crippen molar-refractivity contribution in [2.45, 2.75) is 37.8 Å². The third-order valence-corrected chi connectivity index (χ3v) is 5.51. The second-order valence-corrected chi connectivity index (χ2v) is 7.40. The molecular formula is C19H27N5O2. The molecule has 2 aromatic rings. The van der Waals surface area contributed by atoms with E-state index in [1.54, 1.807) is 0 Å². The zero-order chi connectivity index (χ0) is 18.1. The molecule has 0 unspecified atom stereocenters. The average molecular weight is 357 g/mol. The van der Waals surface area contributed by atoms with Crippen LogP contribution in [0.25, 0.3) is 11.0 Å². The molecule has 0 spiro atoms. The fourth-order valence-corrected chi connectivity index (χ4v) is 4.00. The number of hydrogen-bond acceptors (Lipinski definition) is 5. The number of aromatic nitrogens is 2. The van der Waals surface area contributed by atoms with Crippen LogP contribution in [-0.4, -0.2) is 58.9 Å². The van der Waals surface area contributed by atoms with Gasteiger partial charge in [0.25, 0.3) is 5.91 Å². The summed E-state index contributed by atoms with van der Waals surface area (Å²) in [5.41, 5.74) is 2.45. The number of fused-ring (bicyclic) bond motifs is 1. The van der Waals surface area contributed by atoms with E-state index in [0.29, 0.717) is 24.7 Å². The van der Waals surface area contributed by atoms with Gasteiger partial charge < -0.3 is 25.2 Å². The molecule has 3 N–H and O–H groups in total. The molecule has 2 saturated heterocycles. The number of benzene rings is 1. The summed E-state index contributed by atoms with van der Waals surface area (Å²) in [4.78, 5) is 19.2. The topological polar surface area (TPSA) is 82.4 Å². The highest BCUT2D eigenvalue weighted by Crippen LogP contribution is 2.25. The van der Waals surface area contributed by atoms with Gasteiger partial charge in [0.2, 0.25) is 5.95 Å². The van der Waals surface area contributed by atoms with E-state index in [0.717, 1.165) is 42.9 Å². The van der Waals surface area contributed by atoms with Crippen LogP contribution < -0.4 is 15.5 Å². The van der Waals surface area contributed by atoms with E-state index in [4.69, 9.17) is 4.98 Å². The largest absolute Gasteiger partial charge is 0.391 e. The van der Waals surface area contributed by atoms with Crippen molar-refractivity contribution in [3.05, 3.63) is 23.8 Å². The maximum absolute atomic E-state index is 12.4. The minimum Gasteiger partial charge on any atom is -0.391 e. The molecule has 0 radical (unpaired) electrons. The summed E-state index contributed by atoms with van der Waals surface area (Å²) in [5.74, 6) is 0.801. The number of aliphatic hydroxyl groups is 1. The molecule has 2 fully saturated rings. The molecule has 3 heterocycles. The van der Waals surface area contributed by atoms with Crippen molar-refractivity contribution in [1.82, 2.24) is 20.2 Å². The molecule has 2 aliphatic heterocycles. The predicted octanol–water partition coefficient (Wildman–Crippen LogP) is 1.02. The van der Waals surface area contributed by atoms with E-state index < -0.39 is 0 Å². The van der Waals surface area contributed by atoms with Gasteiger partial charge in [-0.1, -0.05) is 0 Å². The van der Waals surface area contributed by atoms with Crippen LogP contribution in [0.15, 0.2) is 18.2 Å². The number of nitrogens with one attached hydrogen (secondary N) is 2. The second-order valence-electron chi connectivity index (χ2n) is 7.40. The molecule has 7 heteroatoms. The molecule has 0 saturated carbocycles. The molecule has 4 rings (SSSR count). The van der Waals surface area contributed by atoms with Crippen LogP contribution in [0.1, 0.15) is 36.0 Å². The number of aliphatic hydroxyl groups excluding tert-OH is 1. The number of carbonyl (C=O) groups is 1. The smallest absolute Gasteiger partial charge is 0.251 e. The van der Waals surface area contributed by atoms with E-state index >= 15 is 0 Å². The Kier molecular flexibility index (Phi) is 4.82. The Labute approximate surface area is 153 Å². The zero-order valence-electron chi connectivity index (χ0n) is 15.2. The van der Waals surface area contributed by atoms with Gasteiger partial charge >= 0.3 is 0 Å². The first-order valence-corrected chi connectivity index (χ1v) is 9.53. The van der Waals surface area contributed by atoms with E-state index in [9.17, 15) is 9.90 Å². The standard InChI is InChI=1S/C19H27N5O2/c1-23-17-5-4-13(18(26)21-9-6-14-3-2-8-20-14)11-16(17)22-19(23)24-10-7-15(25)12-24/h4-5,11,14-15,20,25H,2-3,6-10,12H2,1H3,(H,21,26)/t14-,15-/m0/s1. The van der Waals surface area contributed by atoms with Crippen molar-refractivity contribution >= 4 is 22.9 Å². The molecule has 7 nitrogen and oxygen atoms in total. The molecule has 2 atom stereocenters. The lowest BCUT2D eigenvalue weighted by Gasteiger charge is -2.16. The summed E-state index contributed by atoms with van der Waals surface area (Å²) in [7, 11) is 1.98. The number of amides is 1. The van der Waals surface area contributed by atoms with Crippen LogP contribution in [0.3, 0.4) is 0 Å². The number of nitrogens with zero attached hydrogens (tertiary/aromatic N) is 3. The van der Waals surface area contributed by atoms with Crippen molar-refractivity contribution in [1.29, 1.82) is 0 Å². The molecular weight excluding hydrogens is 330 g/mol. The highest BCUT2D eigenvalue weighted by molar-refractivity contribution is 5.97. The molecule has 2 aliphatic rings. The van der Waals surface area contributed by atoms with E-state index in [-0.39, 0.29) is 12.0 Å². The number of imidazole rings is 1. The van der Waals surface area contributed by atoms with Crippen molar-refractivity contribution < 1.29 is 9.90 Å². The molecule has 0 bridgehead atoms. The maximum atomic E-state index is 12.4. The SMILES string of the molecule is Cn1c(N2CC[C@H](O)C2)nc2cc(C(=O)NCC[C@@H]3CCCN3)ccc21. The molecule has 1 aromatic carbocycles. The third kappa shape index (κ3) is 3.41. The van der Waals surface area contributed by atoms with Gasteiger partial charge in [-0.2, -0.15) is 0 Å². The van der Waals surface area contributed by atoms with Crippen LogP contribution in [0.2, 0.25) is 0 Å². The van der Waals surface area contributed by atoms with Crippen molar-refractivity contribution in [2.24, 2.45) is 7.05 Å². The second kappa shape index (κ2) is 7.25. The quantitative estimate of drug-likeness (QED) is 0.744. The number of β-amino-alcohol motifs (C(OH)–C–C–N with tert-alkyl or cyclic N) is 1. The summed E-state index contributed by atoms with van der Waals surface area (Å²) in [5, 5.41) is 16.2. The van der Waals surface area contributed by atoms with E-state index in [1.165, 1.54) is 12.8 Å². The minimum absolute atomic E-state index is 0.0475. The molecule has 0 aliphatic carbocycles. The number of anilines is 1. The monoisotopic (exact) mass is 357 g/mol. The Balaban J connectivity index is 1.45. The number of rotatable bonds is 5. The van der Waals surface area contributed by atoms with E-state index in [1.807, 2.05) is 29.8 Å². The first kappa shape index (κ1) is 17.3. The average Bonchev–Trinajstić information content (AvgIpc) is 3.36. The molecule has 1 aromatic heterocycles. The minimum atomic E-state index is -0.287. The van der Waals surface area contributed by atoms with Crippen LogP contribution in [-0.2, 0) is 7.05 Å². The number of hydrogen-bond donors (Lipinski definition) is 3. The van der Waals surface area contributed by atoms with Gasteiger partial charge in [0.1, 0.15) is 0 Å². The Bertz CT molecular complexity index is 797. The molecule has 26 heavy (non-hydrogen) atoms. The van der Waals surface area contributed by atoms with E-state index in [2.05, 4.69) is 15.5 Å². The first-order valence-electron chi connectivity index (χ1n) is 9.53. The van der Waals surface area contributed by atoms with Crippen molar-refractivity contribution in [3.8, 4) is 0 Å². The van der Waals surface area contributed by atoms with Crippen LogP contribution in [0, 0.1) is 0 Å². The summed E-state index contributed by atoms with van der Waals surface area (Å²) in [6.07, 6.45) is 3.88. The summed E-state index contributed by atoms with van der Waals surface area (Å²) in [6.45, 7) is 3.19. The van der Waals surface area contributed by atoms with Crippen LogP contribution in [0.5, 0.6) is 0 Å². The summed E-state index contributed by atoms with van der Waals surface area (Å²) in [6, 6.07) is 6.20. The molecule has 140 valence electrons. The highest BCUT2D eigenvalue weighted by Gasteiger charge is 2.24. The Morgan fingerprint density at radius 1 is 1.42 bits per heavy atom. The van der Waals surface area contributed by atoms with Gasteiger partial charge in [0, 0.05) is 38.3 Å². The Hall–Kier alpha value is -2.12. The Morgan fingerprint density at radius 3 is 3.04 bits per heavy atom. The first-order chi connectivity index (χ1) is 12.6. The fourth-order valence-electron chi connectivity index (χ4n) is 4.00. The summed E-state index contributed by atoms with van der Waals surface area (Å²) >= 11 is 0. The highest BCUT2D eigenvalue weighted by atomic mass is 16.3. The van der Waals surface area contributed by atoms with Crippen LogP contribution in [0.4, 0.5) is 5.95 Å². The molecule has 1 amide bonds. The van der Waals surface area contributed by atoms with Gasteiger partial charge in [-0.15, -0.1) is 0 Å². The lowest BCUT2D eigenvalue weighted by Crippen LogP contribution is -2.30. The van der Waals surface area contributed by atoms with Crippen molar-refractivity contribution in [3.63, 3.8) is 0 Å². The van der Waals surface area contributed by atoms with Gasteiger partial charge in [0.05, 0.1) is 17.1 Å². The van der Waals surface area contributed by atoms with Gasteiger partial charge in [-0.05, 0) is 50.4 Å². The lowest BCUT2D eigenvalue weighted by atomic mass is 10.1. The van der Waals surface area contributed by atoms with Gasteiger partial charge in [0.15, 0.2) is 0 Å². The lowest BCUT2D eigenvalue weighted by molar-refractivity contribution is 0.0952. The maximum Gasteiger partial charge on any atom is 0.251 e. The van der Waals surface area contributed by atoms with Crippen LogP contribution >= 0.6 is 0 Å². The number of carbonyl (C=O) groups excluding carboxylic acids is 1.